The maximum atomic E-state index is 13.8. The van der Waals surface area contributed by atoms with Crippen LogP contribution in [0.1, 0.15) is 22.6 Å². The molecular weight excluding hydrogens is 255 g/mol. The minimum Gasteiger partial charge on any atom is -0.326 e. The lowest BCUT2D eigenvalue weighted by atomic mass is 9.77. The van der Waals surface area contributed by atoms with Crippen LogP contribution in [0.15, 0.2) is 42.5 Å². The van der Waals surface area contributed by atoms with Gasteiger partial charge < -0.3 is 11.1 Å². The Morgan fingerprint density at radius 2 is 2.10 bits per heavy atom. The van der Waals surface area contributed by atoms with Gasteiger partial charge in [0, 0.05) is 6.54 Å². The van der Waals surface area contributed by atoms with Crippen molar-refractivity contribution < 1.29 is 9.18 Å². The summed E-state index contributed by atoms with van der Waals surface area (Å²) >= 11 is 0. The van der Waals surface area contributed by atoms with Gasteiger partial charge >= 0.3 is 0 Å². The monoisotopic (exact) mass is 270 g/mol. The van der Waals surface area contributed by atoms with Crippen molar-refractivity contribution in [3.63, 3.8) is 0 Å². The summed E-state index contributed by atoms with van der Waals surface area (Å²) < 4.78 is 13.8. The predicted octanol–water partition coefficient (Wildman–Crippen LogP) is 2.56. The molecule has 4 heteroatoms. The van der Waals surface area contributed by atoms with Crippen LogP contribution in [-0.4, -0.2) is 5.91 Å². The normalized spacial score (nSPS) is 16.2. The van der Waals surface area contributed by atoms with Gasteiger partial charge in [-0.15, -0.1) is 0 Å². The molecule has 0 radical (unpaired) electrons. The molecule has 0 bridgehead atoms. The molecule has 1 atom stereocenters. The van der Waals surface area contributed by atoms with E-state index < -0.39 is 5.82 Å². The minimum atomic E-state index is -0.450. The number of benzene rings is 2. The number of hydrogen-bond donors (Lipinski definition) is 2. The lowest BCUT2D eigenvalue weighted by Crippen LogP contribution is -2.30. The summed E-state index contributed by atoms with van der Waals surface area (Å²) in [5.41, 5.74) is 8.57. The first-order valence-corrected chi connectivity index (χ1v) is 6.56. The van der Waals surface area contributed by atoms with Crippen LogP contribution >= 0.6 is 0 Å². The quantitative estimate of drug-likeness (QED) is 0.900. The molecule has 0 fully saturated rings. The van der Waals surface area contributed by atoms with Crippen LogP contribution in [0, 0.1) is 5.82 Å². The highest BCUT2D eigenvalue weighted by atomic mass is 19.1. The maximum absolute atomic E-state index is 13.8. The molecule has 3 nitrogen and oxygen atoms in total. The molecule has 1 aliphatic carbocycles. The molecule has 0 spiro atoms. The van der Waals surface area contributed by atoms with E-state index in [1.54, 1.807) is 12.1 Å². The lowest BCUT2D eigenvalue weighted by Gasteiger charge is -2.28. The van der Waals surface area contributed by atoms with Gasteiger partial charge in [0.1, 0.15) is 5.82 Å². The zero-order chi connectivity index (χ0) is 14.1. The summed E-state index contributed by atoms with van der Waals surface area (Å²) in [6.07, 6.45) is 0.713. The van der Waals surface area contributed by atoms with Gasteiger partial charge in [0.05, 0.1) is 11.6 Å². The van der Waals surface area contributed by atoms with Crippen molar-refractivity contribution in [1.29, 1.82) is 0 Å². The number of halogens is 1. The summed E-state index contributed by atoms with van der Waals surface area (Å²) in [4.78, 5) is 12.2. The van der Waals surface area contributed by atoms with Crippen molar-refractivity contribution in [2.45, 2.75) is 18.9 Å². The Balaban J connectivity index is 1.75. The zero-order valence-electron chi connectivity index (χ0n) is 10.9. The van der Waals surface area contributed by atoms with E-state index in [-0.39, 0.29) is 24.1 Å². The molecule has 0 aliphatic heterocycles. The topological polar surface area (TPSA) is 55.1 Å². The first-order chi connectivity index (χ1) is 9.69. The number of fused-ring (bicyclic) bond motifs is 1. The largest absolute Gasteiger partial charge is 0.326 e. The van der Waals surface area contributed by atoms with E-state index in [2.05, 4.69) is 5.32 Å². The average molecular weight is 270 g/mol. The van der Waals surface area contributed by atoms with E-state index in [9.17, 15) is 9.18 Å². The van der Waals surface area contributed by atoms with E-state index in [4.69, 9.17) is 5.73 Å². The number of hydrogen-bond acceptors (Lipinski definition) is 2. The predicted molar refractivity (Wildman–Crippen MR) is 75.8 cm³/mol. The molecule has 3 rings (SSSR count). The maximum Gasteiger partial charge on any atom is 0.232 e. The molecule has 3 N–H and O–H groups in total. The summed E-state index contributed by atoms with van der Waals surface area (Å²) in [6, 6.07) is 12.4. The number of nitrogens with two attached hydrogens (primary N) is 1. The Labute approximate surface area is 116 Å². The Hall–Kier alpha value is -2.20. The van der Waals surface area contributed by atoms with Crippen LogP contribution in [0.5, 0.6) is 0 Å². The number of nitrogens with one attached hydrogen (secondary N) is 1. The lowest BCUT2D eigenvalue weighted by molar-refractivity contribution is -0.118. The third-order valence-electron chi connectivity index (χ3n) is 3.70. The Bertz CT molecular complexity index is 669. The summed E-state index contributed by atoms with van der Waals surface area (Å²) in [6.45, 7) is 0.279. The van der Waals surface area contributed by atoms with E-state index >= 15 is 0 Å². The van der Waals surface area contributed by atoms with Crippen molar-refractivity contribution >= 4 is 11.6 Å². The van der Waals surface area contributed by atoms with Gasteiger partial charge in [-0.05, 0) is 35.2 Å². The minimum absolute atomic E-state index is 0.164. The smallest absolute Gasteiger partial charge is 0.232 e. The second-order valence-corrected chi connectivity index (χ2v) is 4.96. The Morgan fingerprint density at radius 3 is 2.80 bits per heavy atom. The Morgan fingerprint density at radius 1 is 1.30 bits per heavy atom. The standard InChI is InChI=1S/C16H15FN2O/c17-14-7-10(9-18)5-6-15(14)19-16(20)13-8-11-3-1-2-4-12(11)13/h1-7,13H,8-9,18H2,(H,19,20). The van der Waals surface area contributed by atoms with Gasteiger partial charge in [0.2, 0.25) is 5.91 Å². The van der Waals surface area contributed by atoms with Crippen LogP contribution in [-0.2, 0) is 17.8 Å². The fourth-order valence-electron chi connectivity index (χ4n) is 2.50. The molecule has 0 heterocycles. The van der Waals surface area contributed by atoms with Crippen LogP contribution in [0.4, 0.5) is 10.1 Å². The van der Waals surface area contributed by atoms with Gasteiger partial charge in [0.25, 0.3) is 0 Å². The van der Waals surface area contributed by atoms with Crippen LogP contribution < -0.4 is 11.1 Å². The van der Waals surface area contributed by atoms with E-state index in [1.165, 1.54) is 11.6 Å². The molecule has 20 heavy (non-hydrogen) atoms. The number of amides is 1. The second kappa shape index (κ2) is 5.06. The number of rotatable bonds is 3. The number of carbonyl (C=O) groups excluding carboxylic acids is 1. The van der Waals surface area contributed by atoms with Gasteiger partial charge in [-0.3, -0.25) is 4.79 Å². The van der Waals surface area contributed by atoms with Crippen molar-refractivity contribution in [2.75, 3.05) is 5.32 Å². The van der Waals surface area contributed by atoms with E-state index in [0.717, 1.165) is 5.56 Å². The fourth-order valence-corrected chi connectivity index (χ4v) is 2.50. The molecule has 0 saturated carbocycles. The molecule has 1 unspecified atom stereocenters. The van der Waals surface area contributed by atoms with Gasteiger partial charge in [-0.25, -0.2) is 4.39 Å². The third-order valence-corrected chi connectivity index (χ3v) is 3.70. The molecule has 1 aliphatic rings. The number of anilines is 1. The van der Waals surface area contributed by atoms with Crippen molar-refractivity contribution in [2.24, 2.45) is 5.73 Å². The Kier molecular flexibility index (Phi) is 3.24. The fraction of sp³-hybridized carbons (Fsp3) is 0.188. The van der Waals surface area contributed by atoms with Crippen molar-refractivity contribution in [3.05, 3.63) is 65.0 Å². The summed E-state index contributed by atoms with van der Waals surface area (Å²) in [5.74, 6) is -0.795. The van der Waals surface area contributed by atoms with Crippen molar-refractivity contribution in [1.82, 2.24) is 0 Å². The number of carbonyl (C=O) groups is 1. The molecule has 2 aromatic rings. The van der Waals surface area contributed by atoms with Crippen LogP contribution in [0.2, 0.25) is 0 Å². The average Bonchev–Trinajstić information content (AvgIpc) is 2.42. The highest BCUT2D eigenvalue weighted by Crippen LogP contribution is 2.35. The summed E-state index contributed by atoms with van der Waals surface area (Å²) in [5, 5.41) is 2.65. The highest BCUT2D eigenvalue weighted by Gasteiger charge is 2.31. The third kappa shape index (κ3) is 2.18. The van der Waals surface area contributed by atoms with Crippen LogP contribution in [0.25, 0.3) is 0 Å². The molecule has 102 valence electrons. The molecule has 0 saturated heterocycles. The SMILES string of the molecule is NCc1ccc(NC(=O)C2Cc3ccccc32)c(F)c1. The second-order valence-electron chi connectivity index (χ2n) is 4.96. The molecule has 0 aromatic heterocycles. The van der Waals surface area contributed by atoms with Crippen molar-refractivity contribution in [3.8, 4) is 0 Å². The molecule has 1 amide bonds. The van der Waals surface area contributed by atoms with Gasteiger partial charge in [0.15, 0.2) is 0 Å². The zero-order valence-corrected chi connectivity index (χ0v) is 10.9. The van der Waals surface area contributed by atoms with Crippen LogP contribution in [0.3, 0.4) is 0 Å². The first kappa shape index (κ1) is 12.8. The molecular formula is C16H15FN2O. The van der Waals surface area contributed by atoms with E-state index in [1.807, 2.05) is 24.3 Å². The van der Waals surface area contributed by atoms with Gasteiger partial charge in [-0.1, -0.05) is 30.3 Å². The molecule has 2 aromatic carbocycles. The summed E-state index contributed by atoms with van der Waals surface area (Å²) in [7, 11) is 0. The van der Waals surface area contributed by atoms with Gasteiger partial charge in [-0.2, -0.15) is 0 Å². The first-order valence-electron chi connectivity index (χ1n) is 6.56. The van der Waals surface area contributed by atoms with E-state index in [0.29, 0.717) is 12.0 Å². The highest BCUT2D eigenvalue weighted by molar-refractivity contribution is 5.97.